The first kappa shape index (κ1) is 29.2. The van der Waals surface area contributed by atoms with E-state index in [1.54, 1.807) is 128 Å². The van der Waals surface area contributed by atoms with Crippen LogP contribution in [0.25, 0.3) is 0 Å². The van der Waals surface area contributed by atoms with Crippen molar-refractivity contribution in [3.63, 3.8) is 0 Å². The van der Waals surface area contributed by atoms with Crippen molar-refractivity contribution >= 4 is 15.2 Å². The molecule has 0 saturated heterocycles. The summed E-state index contributed by atoms with van der Waals surface area (Å²) in [5, 5.41) is 0.995. The van der Waals surface area contributed by atoms with Crippen LogP contribution < -0.4 is 0 Å². The van der Waals surface area contributed by atoms with Crippen LogP contribution in [0.1, 0.15) is 171 Å². The Labute approximate surface area is 244 Å². The molecular formula is C37H61P2+. The highest BCUT2D eigenvalue weighted by Gasteiger charge is 2.64. The highest BCUT2D eigenvalue weighted by molar-refractivity contribution is 7.87. The maximum absolute atomic E-state index is 2.70. The zero-order valence-electron chi connectivity index (χ0n) is 25.4. The summed E-state index contributed by atoms with van der Waals surface area (Å²) in [6.45, 7) is 0. The quantitative estimate of drug-likeness (QED) is 0.274. The van der Waals surface area contributed by atoms with Crippen molar-refractivity contribution in [3.8, 4) is 0 Å². The first-order chi connectivity index (χ1) is 19.4. The molecule has 0 bridgehead atoms. The average Bonchev–Trinajstić information content (AvgIpc) is 3.04. The largest absolute Gasteiger partial charge is 0.114 e. The van der Waals surface area contributed by atoms with Crippen LogP contribution in [0.5, 0.6) is 0 Å². The molecule has 5 saturated carbocycles. The summed E-state index contributed by atoms with van der Waals surface area (Å²) in [4.78, 5) is 0. The summed E-state index contributed by atoms with van der Waals surface area (Å²) < 4.78 is 0. The van der Waals surface area contributed by atoms with Crippen molar-refractivity contribution < 1.29 is 0 Å². The average molecular weight is 568 g/mol. The van der Waals surface area contributed by atoms with Gasteiger partial charge in [0.15, 0.2) is 0 Å². The number of rotatable bonds is 8. The Kier molecular flexibility index (Phi) is 10.8. The predicted molar refractivity (Wildman–Crippen MR) is 177 cm³/mol. The van der Waals surface area contributed by atoms with E-state index in [0.29, 0.717) is 0 Å². The minimum Gasteiger partial charge on any atom is -0.0622 e. The van der Waals surface area contributed by atoms with Gasteiger partial charge in [0.2, 0.25) is 0 Å². The van der Waals surface area contributed by atoms with Gasteiger partial charge >= 0.3 is 0 Å². The number of hydrogen-bond acceptors (Lipinski definition) is 0. The van der Waals surface area contributed by atoms with Crippen LogP contribution in [-0.2, 0) is 0 Å². The van der Waals surface area contributed by atoms with Gasteiger partial charge in [0.1, 0.15) is 5.40 Å². The van der Waals surface area contributed by atoms with Crippen molar-refractivity contribution in [2.24, 2.45) is 0 Å². The molecule has 0 aromatic heterocycles. The minimum atomic E-state index is -1.22. The molecule has 1 unspecified atom stereocenters. The van der Waals surface area contributed by atoms with E-state index in [-0.39, 0.29) is 7.92 Å². The molecule has 2 heteroatoms. The molecule has 0 aliphatic heterocycles. The van der Waals surface area contributed by atoms with E-state index in [1.807, 2.05) is 5.56 Å². The maximum atomic E-state index is 2.70. The lowest BCUT2D eigenvalue weighted by Gasteiger charge is -2.56. The van der Waals surface area contributed by atoms with E-state index in [9.17, 15) is 0 Å². The Hall–Kier alpha value is 0.0800. The van der Waals surface area contributed by atoms with E-state index in [1.165, 1.54) is 32.1 Å². The lowest BCUT2D eigenvalue weighted by molar-refractivity contribution is 0.447. The smallest absolute Gasteiger partial charge is 0.0622 e. The second kappa shape index (κ2) is 14.5. The van der Waals surface area contributed by atoms with Gasteiger partial charge in [-0.05, 0) is 120 Å². The monoisotopic (exact) mass is 567 g/mol. The Bertz CT molecular complexity index is 757. The van der Waals surface area contributed by atoms with Gasteiger partial charge in [-0.3, -0.25) is 0 Å². The molecular weight excluding hydrogens is 506 g/mol. The van der Waals surface area contributed by atoms with Crippen molar-refractivity contribution in [2.45, 2.75) is 194 Å². The van der Waals surface area contributed by atoms with E-state index in [4.69, 9.17) is 0 Å². The summed E-state index contributed by atoms with van der Waals surface area (Å²) >= 11 is 0. The molecule has 5 aliphatic rings. The summed E-state index contributed by atoms with van der Waals surface area (Å²) in [5.74, 6) is 0. The molecule has 0 spiro atoms. The fourth-order valence-electron chi connectivity index (χ4n) is 10.8. The normalized spacial score (nSPS) is 27.1. The van der Waals surface area contributed by atoms with Crippen LogP contribution in [-0.4, -0.2) is 28.3 Å². The van der Waals surface area contributed by atoms with Gasteiger partial charge in [0.05, 0.1) is 17.0 Å². The lowest BCUT2D eigenvalue weighted by Crippen LogP contribution is -2.40. The summed E-state index contributed by atoms with van der Waals surface area (Å²) in [6, 6.07) is 12.7. The number of benzene rings is 1. The molecule has 5 aliphatic carbocycles. The molecule has 0 heterocycles. The van der Waals surface area contributed by atoms with Crippen molar-refractivity contribution in [1.82, 2.24) is 0 Å². The Morgan fingerprint density at radius 2 is 0.769 bits per heavy atom. The van der Waals surface area contributed by atoms with Crippen LogP contribution in [0.4, 0.5) is 0 Å². The van der Waals surface area contributed by atoms with Gasteiger partial charge in [-0.25, -0.2) is 0 Å². The summed E-state index contributed by atoms with van der Waals surface area (Å²) in [5.41, 5.74) is 7.38. The second-order valence-corrected chi connectivity index (χ2v) is 22.4. The van der Waals surface area contributed by atoms with Gasteiger partial charge in [-0.1, -0.05) is 96.0 Å². The van der Waals surface area contributed by atoms with E-state index in [2.05, 4.69) is 30.3 Å². The van der Waals surface area contributed by atoms with Crippen LogP contribution >= 0.6 is 15.2 Å². The minimum absolute atomic E-state index is 0.0503. The molecule has 1 aromatic carbocycles. The fraction of sp³-hybridized carbons (Fsp3) is 0.838. The third-order valence-electron chi connectivity index (χ3n) is 12.4. The summed E-state index contributed by atoms with van der Waals surface area (Å²) in [6.07, 6.45) is 39.2. The SMILES string of the molecule is c1ccc(C(P(C2CCCCC2)C2CCCCC2)[P+](C2CCCCC2)(C2CCCCC2)C2CCCCC2)cc1. The highest BCUT2D eigenvalue weighted by atomic mass is 31.2. The lowest BCUT2D eigenvalue weighted by atomic mass is 9.99. The molecule has 0 amide bonds. The maximum Gasteiger partial charge on any atom is 0.114 e. The Balaban J connectivity index is 1.55. The van der Waals surface area contributed by atoms with Gasteiger partial charge in [0.25, 0.3) is 0 Å². The standard InChI is InChI=1S/C37H61P2/c1-7-19-31(20-8-1)37(38(32-21-9-2-10-22-32)33-23-11-3-12-24-33)39(34-25-13-4-14-26-34,35-27-15-5-16-28-35)36-29-17-6-18-30-36/h1,7-8,19-20,32-37H,2-6,9-18,21-30H2/q+1. The van der Waals surface area contributed by atoms with Gasteiger partial charge < -0.3 is 0 Å². The van der Waals surface area contributed by atoms with Gasteiger partial charge in [0, 0.05) is 7.26 Å². The van der Waals surface area contributed by atoms with Gasteiger partial charge in [-0.15, -0.1) is 0 Å². The molecule has 1 atom stereocenters. The summed E-state index contributed by atoms with van der Waals surface area (Å²) in [7, 11) is -1.16. The van der Waals surface area contributed by atoms with Crippen LogP contribution in [0.15, 0.2) is 30.3 Å². The van der Waals surface area contributed by atoms with E-state index < -0.39 is 7.26 Å². The predicted octanol–water partition coefficient (Wildman–Crippen LogP) is 12.8. The molecule has 218 valence electrons. The Morgan fingerprint density at radius 1 is 0.436 bits per heavy atom. The topological polar surface area (TPSA) is 0 Å². The van der Waals surface area contributed by atoms with Crippen LogP contribution in [0, 0.1) is 0 Å². The molecule has 0 radical (unpaired) electrons. The first-order valence-electron chi connectivity index (χ1n) is 18.1. The van der Waals surface area contributed by atoms with E-state index in [0.717, 1.165) is 33.7 Å². The molecule has 0 N–H and O–H groups in total. The van der Waals surface area contributed by atoms with E-state index >= 15 is 0 Å². The zero-order valence-corrected chi connectivity index (χ0v) is 27.2. The third-order valence-corrected chi connectivity index (χ3v) is 24.5. The van der Waals surface area contributed by atoms with Crippen molar-refractivity contribution in [3.05, 3.63) is 35.9 Å². The molecule has 5 fully saturated rings. The van der Waals surface area contributed by atoms with Crippen LogP contribution in [0.3, 0.4) is 0 Å². The first-order valence-corrected chi connectivity index (χ1v) is 21.7. The Morgan fingerprint density at radius 3 is 1.13 bits per heavy atom. The fourth-order valence-corrected chi connectivity index (χ4v) is 26.8. The highest BCUT2D eigenvalue weighted by Crippen LogP contribution is 2.92. The van der Waals surface area contributed by atoms with Gasteiger partial charge in [-0.2, -0.15) is 0 Å². The third kappa shape index (κ3) is 6.39. The van der Waals surface area contributed by atoms with Crippen LogP contribution in [0.2, 0.25) is 0 Å². The van der Waals surface area contributed by atoms with Crippen molar-refractivity contribution in [2.75, 3.05) is 0 Å². The molecule has 6 rings (SSSR count). The molecule has 1 aromatic rings. The molecule has 0 nitrogen and oxygen atoms in total. The second-order valence-electron chi connectivity index (χ2n) is 14.6. The van der Waals surface area contributed by atoms with Crippen molar-refractivity contribution in [1.29, 1.82) is 0 Å². The zero-order chi connectivity index (χ0) is 26.3. The number of hydrogen-bond donors (Lipinski definition) is 0. The molecule has 39 heavy (non-hydrogen) atoms.